The second-order valence-corrected chi connectivity index (χ2v) is 6.14. The highest BCUT2D eigenvalue weighted by Crippen LogP contribution is 2.35. The third kappa shape index (κ3) is 1.72. The second kappa shape index (κ2) is 3.20. The molecule has 13 heavy (non-hydrogen) atoms. The highest BCUT2D eigenvalue weighted by Gasteiger charge is 2.33. The molecule has 0 amide bonds. The molecule has 2 heterocycles. The van der Waals surface area contributed by atoms with Gasteiger partial charge in [-0.05, 0) is 42.6 Å². The van der Waals surface area contributed by atoms with Gasteiger partial charge < -0.3 is 4.90 Å². The van der Waals surface area contributed by atoms with Crippen LogP contribution < -0.4 is 4.90 Å². The molecular formula is C8H12BrN3S. The third-order valence-electron chi connectivity index (χ3n) is 2.52. The number of aromatic nitrogens is 2. The lowest BCUT2D eigenvalue weighted by atomic mass is 10.0. The van der Waals surface area contributed by atoms with Crippen molar-refractivity contribution >= 4 is 32.4 Å². The zero-order valence-electron chi connectivity index (χ0n) is 7.75. The smallest absolute Gasteiger partial charge is 0.209 e. The lowest BCUT2D eigenvalue weighted by molar-refractivity contribution is 0.516. The summed E-state index contributed by atoms with van der Waals surface area (Å²) in [5.74, 6) is 0. The average Bonchev–Trinajstić information content (AvgIpc) is 2.56. The summed E-state index contributed by atoms with van der Waals surface area (Å²) in [5, 5.41) is 9.15. The highest BCUT2D eigenvalue weighted by atomic mass is 79.9. The van der Waals surface area contributed by atoms with E-state index in [4.69, 9.17) is 0 Å². The monoisotopic (exact) mass is 261 g/mol. The van der Waals surface area contributed by atoms with Crippen molar-refractivity contribution in [2.45, 2.75) is 32.2 Å². The average molecular weight is 262 g/mol. The van der Waals surface area contributed by atoms with Crippen molar-refractivity contribution in [3.8, 4) is 0 Å². The summed E-state index contributed by atoms with van der Waals surface area (Å²) in [4.78, 5) is 2.34. The van der Waals surface area contributed by atoms with E-state index in [0.29, 0.717) is 0 Å². The summed E-state index contributed by atoms with van der Waals surface area (Å²) in [5.41, 5.74) is 0.249. The quantitative estimate of drug-likeness (QED) is 0.779. The molecule has 1 aromatic heterocycles. The number of hydrogen-bond donors (Lipinski definition) is 0. The number of hydrogen-bond acceptors (Lipinski definition) is 4. The molecule has 1 aliphatic rings. The summed E-state index contributed by atoms with van der Waals surface area (Å²) in [6.45, 7) is 5.62. The van der Waals surface area contributed by atoms with E-state index in [2.05, 4.69) is 44.9 Å². The fourth-order valence-corrected chi connectivity index (χ4v) is 3.05. The Kier molecular flexibility index (Phi) is 2.32. The van der Waals surface area contributed by atoms with Crippen molar-refractivity contribution in [3.05, 3.63) is 3.92 Å². The van der Waals surface area contributed by atoms with Gasteiger partial charge in [0, 0.05) is 12.1 Å². The molecule has 0 aromatic carbocycles. The number of anilines is 1. The maximum atomic E-state index is 4.14. The third-order valence-corrected chi connectivity index (χ3v) is 3.90. The van der Waals surface area contributed by atoms with Gasteiger partial charge in [-0.3, -0.25) is 0 Å². The van der Waals surface area contributed by atoms with Crippen molar-refractivity contribution < 1.29 is 0 Å². The zero-order chi connectivity index (χ0) is 9.47. The van der Waals surface area contributed by atoms with Crippen molar-refractivity contribution in [3.63, 3.8) is 0 Å². The van der Waals surface area contributed by atoms with Crippen LogP contribution in [-0.2, 0) is 0 Å². The molecule has 0 atom stereocenters. The van der Waals surface area contributed by atoms with E-state index in [-0.39, 0.29) is 5.54 Å². The number of nitrogens with zero attached hydrogens (tertiary/aromatic N) is 3. The Bertz CT molecular complexity index is 310. The molecule has 0 unspecified atom stereocenters. The Balaban J connectivity index is 2.26. The maximum Gasteiger partial charge on any atom is 0.209 e. The lowest BCUT2D eigenvalue weighted by Crippen LogP contribution is -2.38. The van der Waals surface area contributed by atoms with Crippen LogP contribution >= 0.6 is 27.3 Å². The van der Waals surface area contributed by atoms with Gasteiger partial charge in [0.2, 0.25) is 5.13 Å². The van der Waals surface area contributed by atoms with Gasteiger partial charge in [-0.25, -0.2) is 0 Å². The van der Waals surface area contributed by atoms with Crippen LogP contribution in [0.4, 0.5) is 5.13 Å². The number of rotatable bonds is 1. The molecule has 2 rings (SSSR count). The van der Waals surface area contributed by atoms with E-state index in [1.165, 1.54) is 12.8 Å². The van der Waals surface area contributed by atoms with Gasteiger partial charge in [0.15, 0.2) is 3.92 Å². The minimum atomic E-state index is 0.249. The Morgan fingerprint density at radius 2 is 2.23 bits per heavy atom. The molecular weight excluding hydrogens is 250 g/mol. The van der Waals surface area contributed by atoms with Crippen molar-refractivity contribution in [2.24, 2.45) is 0 Å². The van der Waals surface area contributed by atoms with Crippen LogP contribution in [-0.4, -0.2) is 22.3 Å². The predicted octanol–water partition coefficient (Wildman–Crippen LogP) is 2.68. The van der Waals surface area contributed by atoms with Crippen molar-refractivity contribution in [2.75, 3.05) is 11.4 Å². The van der Waals surface area contributed by atoms with Gasteiger partial charge in [0.05, 0.1) is 0 Å². The Morgan fingerprint density at radius 3 is 2.69 bits per heavy atom. The van der Waals surface area contributed by atoms with Crippen LogP contribution in [0, 0.1) is 0 Å². The summed E-state index contributed by atoms with van der Waals surface area (Å²) >= 11 is 4.94. The van der Waals surface area contributed by atoms with E-state index in [9.17, 15) is 0 Å². The van der Waals surface area contributed by atoms with Crippen LogP contribution in [0.5, 0.6) is 0 Å². The molecule has 0 spiro atoms. The van der Waals surface area contributed by atoms with Crippen LogP contribution in [0.15, 0.2) is 3.92 Å². The molecule has 1 aliphatic heterocycles. The van der Waals surface area contributed by atoms with Gasteiger partial charge in [-0.15, -0.1) is 10.2 Å². The Labute approximate surface area is 90.3 Å². The van der Waals surface area contributed by atoms with Gasteiger partial charge in [0.25, 0.3) is 0 Å². The molecule has 0 bridgehead atoms. The predicted molar refractivity (Wildman–Crippen MR) is 58.3 cm³/mol. The molecule has 0 saturated carbocycles. The molecule has 72 valence electrons. The van der Waals surface area contributed by atoms with Crippen LogP contribution in [0.3, 0.4) is 0 Å². The first-order valence-electron chi connectivity index (χ1n) is 4.36. The SMILES string of the molecule is CC1(C)CCCN1c1nnc(Br)s1. The van der Waals surface area contributed by atoms with E-state index >= 15 is 0 Å². The first-order chi connectivity index (χ1) is 6.09. The van der Waals surface area contributed by atoms with Crippen LogP contribution in [0.1, 0.15) is 26.7 Å². The molecule has 0 radical (unpaired) electrons. The summed E-state index contributed by atoms with van der Waals surface area (Å²) in [6, 6.07) is 0. The molecule has 0 aliphatic carbocycles. The van der Waals surface area contributed by atoms with Gasteiger partial charge in [0.1, 0.15) is 0 Å². The normalized spacial score (nSPS) is 21.0. The van der Waals surface area contributed by atoms with E-state index in [1.54, 1.807) is 11.3 Å². The fraction of sp³-hybridized carbons (Fsp3) is 0.750. The molecule has 3 nitrogen and oxygen atoms in total. The molecule has 1 saturated heterocycles. The van der Waals surface area contributed by atoms with E-state index in [0.717, 1.165) is 15.6 Å². The molecule has 5 heteroatoms. The molecule has 1 fully saturated rings. The van der Waals surface area contributed by atoms with Gasteiger partial charge in [-0.2, -0.15) is 0 Å². The number of halogens is 1. The first kappa shape index (κ1) is 9.40. The van der Waals surface area contributed by atoms with Crippen LogP contribution in [0.2, 0.25) is 0 Å². The topological polar surface area (TPSA) is 29.0 Å². The van der Waals surface area contributed by atoms with Gasteiger partial charge >= 0.3 is 0 Å². The first-order valence-corrected chi connectivity index (χ1v) is 5.97. The molecule has 0 N–H and O–H groups in total. The Morgan fingerprint density at radius 1 is 1.46 bits per heavy atom. The van der Waals surface area contributed by atoms with Gasteiger partial charge in [-0.1, -0.05) is 11.3 Å². The summed E-state index contributed by atoms with van der Waals surface area (Å²) < 4.78 is 0.866. The zero-order valence-corrected chi connectivity index (χ0v) is 10.2. The second-order valence-electron chi connectivity index (χ2n) is 3.91. The minimum absolute atomic E-state index is 0.249. The summed E-state index contributed by atoms with van der Waals surface area (Å²) in [6.07, 6.45) is 2.49. The highest BCUT2D eigenvalue weighted by molar-refractivity contribution is 9.11. The van der Waals surface area contributed by atoms with Crippen molar-refractivity contribution in [1.82, 2.24) is 10.2 Å². The fourth-order valence-electron chi connectivity index (χ4n) is 1.77. The summed E-state index contributed by atoms with van der Waals surface area (Å²) in [7, 11) is 0. The van der Waals surface area contributed by atoms with Crippen LogP contribution in [0.25, 0.3) is 0 Å². The lowest BCUT2D eigenvalue weighted by Gasteiger charge is -2.30. The standard InChI is InChI=1S/C8H12BrN3S/c1-8(2)4-3-5-12(8)7-11-10-6(9)13-7/h3-5H2,1-2H3. The minimum Gasteiger partial charge on any atom is -0.342 e. The van der Waals surface area contributed by atoms with E-state index < -0.39 is 0 Å². The largest absolute Gasteiger partial charge is 0.342 e. The van der Waals surface area contributed by atoms with E-state index in [1.807, 2.05) is 0 Å². The Hall–Kier alpha value is -0.160. The molecule has 1 aromatic rings. The van der Waals surface area contributed by atoms with Crippen molar-refractivity contribution in [1.29, 1.82) is 0 Å². The maximum absolute atomic E-state index is 4.14.